The Bertz CT molecular complexity index is 411. The summed E-state index contributed by atoms with van der Waals surface area (Å²) >= 11 is 9.95. The molecule has 92 valence electrons. The highest BCUT2D eigenvalue weighted by molar-refractivity contribution is 7.80. The zero-order valence-corrected chi connectivity index (χ0v) is 11.2. The van der Waals surface area contributed by atoms with Crippen LogP contribution in [0.1, 0.15) is 0 Å². The van der Waals surface area contributed by atoms with Gasteiger partial charge in [0.15, 0.2) is 10.2 Å². The van der Waals surface area contributed by atoms with Crippen LogP contribution in [0.4, 0.5) is 5.69 Å². The zero-order chi connectivity index (χ0) is 12.7. The smallest absolute Gasteiger partial charge is 0.189 e. The summed E-state index contributed by atoms with van der Waals surface area (Å²) in [5.74, 6) is 0.761. The molecule has 0 amide bonds. The third kappa shape index (κ3) is 4.83. The van der Waals surface area contributed by atoms with E-state index in [9.17, 15) is 0 Å². The Labute approximate surface area is 111 Å². The molecule has 0 fully saturated rings. The summed E-state index contributed by atoms with van der Waals surface area (Å²) in [6, 6.07) is 7.45. The van der Waals surface area contributed by atoms with E-state index >= 15 is 0 Å². The lowest BCUT2D eigenvalue weighted by molar-refractivity contribution is 0.415. The Balaban J connectivity index is 2.47. The topological polar surface area (TPSA) is 57.3 Å². The summed E-state index contributed by atoms with van der Waals surface area (Å²) in [5, 5.41) is 6.61. The van der Waals surface area contributed by atoms with Crippen LogP contribution in [0.25, 0.3) is 0 Å². The monoisotopic (exact) mass is 270 g/mol. The molecule has 7 heteroatoms. The van der Waals surface area contributed by atoms with Gasteiger partial charge >= 0.3 is 0 Å². The molecular formula is C10H14N4OS2. The van der Waals surface area contributed by atoms with E-state index in [1.807, 2.05) is 24.3 Å². The first-order chi connectivity index (χ1) is 8.15. The van der Waals surface area contributed by atoms with Gasteiger partial charge in [-0.1, -0.05) is 6.07 Å². The molecule has 0 unspecified atom stereocenters. The fourth-order valence-electron chi connectivity index (χ4n) is 1.04. The second kappa shape index (κ2) is 6.87. The Morgan fingerprint density at radius 3 is 2.53 bits per heavy atom. The molecule has 4 N–H and O–H groups in total. The highest BCUT2D eigenvalue weighted by Crippen LogP contribution is 2.16. The van der Waals surface area contributed by atoms with Gasteiger partial charge in [0, 0.05) is 18.8 Å². The average molecular weight is 270 g/mol. The van der Waals surface area contributed by atoms with E-state index in [0.29, 0.717) is 10.2 Å². The number of hydrogen-bond donors (Lipinski definition) is 4. The highest BCUT2D eigenvalue weighted by atomic mass is 32.1. The predicted octanol–water partition coefficient (Wildman–Crippen LogP) is 0.990. The van der Waals surface area contributed by atoms with E-state index in [4.69, 9.17) is 29.2 Å². The molecule has 0 saturated heterocycles. The Hall–Kier alpha value is -1.60. The Morgan fingerprint density at radius 1 is 1.18 bits per heavy atom. The molecule has 0 radical (unpaired) electrons. The standard InChI is InChI=1S/C10H14N4OS2/c1-11-9(16)13-14-10(17)12-7-4-3-5-8(6-7)15-2/h3-6H,1-2H3,(H2,11,13,16)(H2,12,14,17). The van der Waals surface area contributed by atoms with E-state index in [2.05, 4.69) is 21.5 Å². The van der Waals surface area contributed by atoms with Gasteiger partial charge in [-0.15, -0.1) is 0 Å². The van der Waals surface area contributed by atoms with Crippen molar-refractivity contribution in [1.82, 2.24) is 16.2 Å². The maximum atomic E-state index is 5.10. The summed E-state index contributed by atoms with van der Waals surface area (Å²) in [6.45, 7) is 0. The Morgan fingerprint density at radius 2 is 1.88 bits per heavy atom. The molecule has 0 aliphatic heterocycles. The zero-order valence-electron chi connectivity index (χ0n) is 9.53. The largest absolute Gasteiger partial charge is 0.497 e. The molecular weight excluding hydrogens is 256 g/mol. The number of rotatable bonds is 2. The lowest BCUT2D eigenvalue weighted by atomic mass is 10.3. The third-order valence-electron chi connectivity index (χ3n) is 1.84. The number of methoxy groups -OCH3 is 1. The first-order valence-electron chi connectivity index (χ1n) is 4.84. The van der Waals surface area contributed by atoms with Gasteiger partial charge in [0.25, 0.3) is 0 Å². The number of thiocarbonyl (C=S) groups is 2. The molecule has 0 aromatic heterocycles. The van der Waals surface area contributed by atoms with Crippen LogP contribution in [0.15, 0.2) is 24.3 Å². The van der Waals surface area contributed by atoms with Crippen LogP contribution >= 0.6 is 24.4 Å². The molecule has 1 rings (SSSR count). The van der Waals surface area contributed by atoms with Crippen molar-refractivity contribution >= 4 is 40.3 Å². The highest BCUT2D eigenvalue weighted by Gasteiger charge is 1.99. The molecule has 0 aliphatic carbocycles. The molecule has 0 heterocycles. The normalized spacial score (nSPS) is 9.06. The minimum absolute atomic E-state index is 0.413. The first kappa shape index (κ1) is 13.5. The number of hydrogen-bond acceptors (Lipinski definition) is 3. The summed E-state index contributed by atoms with van der Waals surface area (Å²) in [7, 11) is 3.33. The molecule has 0 spiro atoms. The van der Waals surface area contributed by atoms with Crippen molar-refractivity contribution in [1.29, 1.82) is 0 Å². The van der Waals surface area contributed by atoms with Crippen molar-refractivity contribution in [2.75, 3.05) is 19.5 Å². The van der Waals surface area contributed by atoms with Gasteiger partial charge in [0.1, 0.15) is 5.75 Å². The van der Waals surface area contributed by atoms with Gasteiger partial charge in [0.2, 0.25) is 0 Å². The summed E-state index contributed by atoms with van der Waals surface area (Å²) in [4.78, 5) is 0. The SMILES string of the molecule is CNC(=S)NNC(=S)Nc1cccc(OC)c1. The number of benzene rings is 1. The first-order valence-corrected chi connectivity index (χ1v) is 5.66. The molecule has 0 atom stereocenters. The van der Waals surface area contributed by atoms with E-state index in [1.54, 1.807) is 14.2 Å². The fraction of sp³-hybridized carbons (Fsp3) is 0.200. The summed E-state index contributed by atoms with van der Waals surface area (Å²) in [5.41, 5.74) is 6.29. The van der Waals surface area contributed by atoms with Gasteiger partial charge in [0.05, 0.1) is 7.11 Å². The van der Waals surface area contributed by atoms with Crippen molar-refractivity contribution in [2.24, 2.45) is 0 Å². The molecule has 0 saturated carbocycles. The minimum atomic E-state index is 0.413. The second-order valence-electron chi connectivity index (χ2n) is 3.02. The summed E-state index contributed by atoms with van der Waals surface area (Å²) in [6.07, 6.45) is 0. The quantitative estimate of drug-likeness (QED) is 0.472. The van der Waals surface area contributed by atoms with Gasteiger partial charge in [-0.2, -0.15) is 0 Å². The lowest BCUT2D eigenvalue weighted by Gasteiger charge is -2.13. The average Bonchev–Trinajstić information content (AvgIpc) is 2.36. The lowest BCUT2D eigenvalue weighted by Crippen LogP contribution is -2.47. The van der Waals surface area contributed by atoms with Crippen molar-refractivity contribution in [2.45, 2.75) is 0 Å². The number of hydrazine groups is 1. The van der Waals surface area contributed by atoms with Crippen LogP contribution in [0.2, 0.25) is 0 Å². The van der Waals surface area contributed by atoms with Crippen LogP contribution in [0, 0.1) is 0 Å². The molecule has 0 aliphatic rings. The van der Waals surface area contributed by atoms with Crippen molar-refractivity contribution in [3.8, 4) is 5.75 Å². The van der Waals surface area contributed by atoms with E-state index in [0.717, 1.165) is 11.4 Å². The Kier molecular flexibility index (Phi) is 5.44. The second-order valence-corrected chi connectivity index (χ2v) is 3.83. The van der Waals surface area contributed by atoms with Crippen LogP contribution in [-0.4, -0.2) is 24.4 Å². The number of anilines is 1. The van der Waals surface area contributed by atoms with Crippen LogP contribution in [0.3, 0.4) is 0 Å². The van der Waals surface area contributed by atoms with Gasteiger partial charge in [-0.25, -0.2) is 0 Å². The number of nitrogens with one attached hydrogen (secondary N) is 4. The van der Waals surface area contributed by atoms with E-state index in [-0.39, 0.29) is 0 Å². The van der Waals surface area contributed by atoms with Gasteiger partial charge in [-0.05, 0) is 36.6 Å². The molecule has 0 bridgehead atoms. The van der Waals surface area contributed by atoms with Crippen molar-refractivity contribution in [3.63, 3.8) is 0 Å². The van der Waals surface area contributed by atoms with Crippen molar-refractivity contribution < 1.29 is 4.74 Å². The van der Waals surface area contributed by atoms with Crippen LogP contribution in [0.5, 0.6) is 5.75 Å². The van der Waals surface area contributed by atoms with Gasteiger partial charge < -0.3 is 15.4 Å². The minimum Gasteiger partial charge on any atom is -0.497 e. The maximum Gasteiger partial charge on any atom is 0.189 e. The molecule has 17 heavy (non-hydrogen) atoms. The van der Waals surface area contributed by atoms with E-state index in [1.165, 1.54) is 0 Å². The predicted molar refractivity (Wildman–Crippen MR) is 77.1 cm³/mol. The van der Waals surface area contributed by atoms with Crippen LogP contribution < -0.4 is 26.2 Å². The van der Waals surface area contributed by atoms with Crippen molar-refractivity contribution in [3.05, 3.63) is 24.3 Å². The molecule has 1 aromatic rings. The molecule has 5 nitrogen and oxygen atoms in total. The van der Waals surface area contributed by atoms with Crippen LogP contribution in [-0.2, 0) is 0 Å². The van der Waals surface area contributed by atoms with E-state index < -0.39 is 0 Å². The molecule has 1 aromatic carbocycles. The summed E-state index contributed by atoms with van der Waals surface area (Å²) < 4.78 is 5.10. The maximum absolute atomic E-state index is 5.10. The number of ether oxygens (including phenoxy) is 1. The fourth-order valence-corrected chi connectivity index (χ4v) is 1.26. The third-order valence-corrected chi connectivity index (χ3v) is 2.35. The van der Waals surface area contributed by atoms with Gasteiger partial charge in [-0.3, -0.25) is 10.9 Å².